The smallest absolute Gasteiger partial charge is 0.228 e. The summed E-state index contributed by atoms with van der Waals surface area (Å²) < 4.78 is 4.98. The summed E-state index contributed by atoms with van der Waals surface area (Å²) in [6, 6.07) is 3.11. The van der Waals surface area contributed by atoms with Gasteiger partial charge in [-0.3, -0.25) is 4.79 Å². The largest absolute Gasteiger partial charge is 0.380 e. The highest BCUT2D eigenvalue weighted by atomic mass is 35.5. The summed E-state index contributed by atoms with van der Waals surface area (Å²) in [5.74, 6) is 0.121. The molecule has 1 aromatic rings. The monoisotopic (exact) mass is 244 g/mol. The molecule has 1 aromatic heterocycles. The fraction of sp³-hybridized carbons (Fsp3) is 0.444. The van der Waals surface area contributed by atoms with Crippen LogP contribution in [0.4, 0.5) is 5.82 Å². The van der Waals surface area contributed by atoms with Crippen LogP contribution in [-0.2, 0) is 9.53 Å². The second kappa shape index (κ2) is 6.37. The van der Waals surface area contributed by atoms with Gasteiger partial charge >= 0.3 is 0 Å². The number of amides is 1. The summed E-state index contributed by atoms with van der Waals surface area (Å²) in [5.41, 5.74) is 5.39. The van der Waals surface area contributed by atoms with Gasteiger partial charge < -0.3 is 15.8 Å². The van der Waals surface area contributed by atoms with E-state index in [1.165, 1.54) is 7.11 Å². The van der Waals surface area contributed by atoms with Gasteiger partial charge in [0, 0.05) is 13.7 Å². The van der Waals surface area contributed by atoms with E-state index in [9.17, 15) is 4.79 Å². The van der Waals surface area contributed by atoms with Crippen LogP contribution >= 0.6 is 11.6 Å². The van der Waals surface area contributed by atoms with Crippen LogP contribution in [0.5, 0.6) is 0 Å². The van der Waals surface area contributed by atoms with E-state index in [0.717, 1.165) is 0 Å². The third-order valence-corrected chi connectivity index (χ3v) is 2.11. The maximum absolute atomic E-state index is 11.5. The number of hydrogen-bond acceptors (Lipinski definition) is 5. The molecule has 1 amide bonds. The zero-order chi connectivity index (χ0) is 12.0. The standard InChI is InChI=1S/C9H13ClN4O2/c1-16-6(5-11)4-9(15)12-8-3-2-7(10)13-14-8/h2-3,6H,4-5,11H2,1H3,(H,12,14,15). The maximum Gasteiger partial charge on any atom is 0.228 e. The predicted molar refractivity (Wildman–Crippen MR) is 60.1 cm³/mol. The van der Waals surface area contributed by atoms with Crippen LogP contribution in [0, 0.1) is 0 Å². The van der Waals surface area contributed by atoms with Crippen molar-refractivity contribution in [3.05, 3.63) is 17.3 Å². The zero-order valence-corrected chi connectivity index (χ0v) is 9.57. The lowest BCUT2D eigenvalue weighted by atomic mass is 10.2. The van der Waals surface area contributed by atoms with Crippen molar-refractivity contribution in [1.29, 1.82) is 0 Å². The van der Waals surface area contributed by atoms with Crippen molar-refractivity contribution in [2.24, 2.45) is 5.73 Å². The molecule has 1 unspecified atom stereocenters. The highest BCUT2D eigenvalue weighted by molar-refractivity contribution is 6.29. The van der Waals surface area contributed by atoms with Gasteiger partial charge in [0.05, 0.1) is 12.5 Å². The van der Waals surface area contributed by atoms with Gasteiger partial charge in [-0.05, 0) is 12.1 Å². The number of carbonyl (C=O) groups is 1. The Hall–Kier alpha value is -1.24. The molecular formula is C9H13ClN4O2. The molecule has 0 fully saturated rings. The van der Waals surface area contributed by atoms with Crippen LogP contribution < -0.4 is 11.1 Å². The Morgan fingerprint density at radius 1 is 1.62 bits per heavy atom. The molecule has 0 saturated carbocycles. The summed E-state index contributed by atoms with van der Waals surface area (Å²) in [6.45, 7) is 0.288. The molecule has 1 rings (SSSR count). The number of nitrogens with one attached hydrogen (secondary N) is 1. The van der Waals surface area contributed by atoms with E-state index >= 15 is 0 Å². The fourth-order valence-corrected chi connectivity index (χ4v) is 1.15. The molecule has 0 aliphatic heterocycles. The quantitative estimate of drug-likeness (QED) is 0.784. The number of rotatable bonds is 5. The summed E-state index contributed by atoms with van der Waals surface area (Å²) in [7, 11) is 1.51. The first-order valence-corrected chi connectivity index (χ1v) is 5.05. The van der Waals surface area contributed by atoms with Crippen LogP contribution in [0.2, 0.25) is 5.15 Å². The third kappa shape index (κ3) is 4.09. The summed E-state index contributed by atoms with van der Waals surface area (Å²) >= 11 is 5.55. The van der Waals surface area contributed by atoms with E-state index in [2.05, 4.69) is 15.5 Å². The van der Waals surface area contributed by atoms with Gasteiger partial charge in [-0.2, -0.15) is 0 Å². The van der Waals surface area contributed by atoms with Crippen molar-refractivity contribution in [1.82, 2.24) is 10.2 Å². The number of halogens is 1. The van der Waals surface area contributed by atoms with Gasteiger partial charge in [-0.1, -0.05) is 11.6 Å². The van der Waals surface area contributed by atoms with Gasteiger partial charge in [-0.15, -0.1) is 10.2 Å². The molecule has 0 radical (unpaired) electrons. The van der Waals surface area contributed by atoms with Crippen molar-refractivity contribution in [2.75, 3.05) is 19.0 Å². The molecule has 1 heterocycles. The normalized spacial score (nSPS) is 12.2. The van der Waals surface area contributed by atoms with Crippen LogP contribution in [0.1, 0.15) is 6.42 Å². The molecule has 1 atom stereocenters. The molecule has 0 aliphatic carbocycles. The topological polar surface area (TPSA) is 90.1 Å². The second-order valence-corrected chi connectivity index (χ2v) is 3.47. The Morgan fingerprint density at radius 2 is 2.38 bits per heavy atom. The van der Waals surface area contributed by atoms with E-state index in [1.54, 1.807) is 12.1 Å². The van der Waals surface area contributed by atoms with E-state index in [4.69, 9.17) is 22.1 Å². The third-order valence-electron chi connectivity index (χ3n) is 1.91. The van der Waals surface area contributed by atoms with E-state index in [0.29, 0.717) is 5.82 Å². The number of hydrogen-bond donors (Lipinski definition) is 2. The minimum Gasteiger partial charge on any atom is -0.380 e. The summed E-state index contributed by atoms with van der Waals surface area (Å²) in [4.78, 5) is 11.5. The van der Waals surface area contributed by atoms with Crippen molar-refractivity contribution in [2.45, 2.75) is 12.5 Å². The molecule has 16 heavy (non-hydrogen) atoms. The van der Waals surface area contributed by atoms with Crippen LogP contribution in [0.15, 0.2) is 12.1 Å². The molecule has 6 nitrogen and oxygen atoms in total. The minimum atomic E-state index is -0.291. The molecule has 3 N–H and O–H groups in total. The second-order valence-electron chi connectivity index (χ2n) is 3.09. The number of aromatic nitrogens is 2. The highest BCUT2D eigenvalue weighted by Crippen LogP contribution is 2.07. The van der Waals surface area contributed by atoms with E-state index < -0.39 is 0 Å². The minimum absolute atomic E-state index is 0.178. The van der Waals surface area contributed by atoms with Gasteiger partial charge in [0.25, 0.3) is 0 Å². The molecule has 0 spiro atoms. The van der Waals surface area contributed by atoms with Gasteiger partial charge in [0.2, 0.25) is 5.91 Å². The summed E-state index contributed by atoms with van der Waals surface area (Å²) in [6.07, 6.45) is -0.114. The van der Waals surface area contributed by atoms with Crippen LogP contribution in [0.25, 0.3) is 0 Å². The first-order chi connectivity index (χ1) is 7.65. The SMILES string of the molecule is COC(CN)CC(=O)Nc1ccc(Cl)nn1. The lowest BCUT2D eigenvalue weighted by Crippen LogP contribution is -2.28. The number of ether oxygens (including phenoxy) is 1. The Labute approximate surface area is 98.1 Å². The predicted octanol–water partition coefficient (Wildman–Crippen LogP) is 0.432. The van der Waals surface area contributed by atoms with Crippen LogP contribution in [-0.4, -0.2) is 35.9 Å². The van der Waals surface area contributed by atoms with Crippen molar-refractivity contribution < 1.29 is 9.53 Å². The molecule has 0 aliphatic rings. The van der Waals surface area contributed by atoms with E-state index in [-0.39, 0.29) is 30.1 Å². The number of nitrogens with two attached hydrogens (primary N) is 1. The van der Waals surface area contributed by atoms with Crippen molar-refractivity contribution >= 4 is 23.3 Å². The van der Waals surface area contributed by atoms with E-state index in [1.807, 2.05) is 0 Å². The number of carbonyl (C=O) groups excluding carboxylic acids is 1. The van der Waals surface area contributed by atoms with Gasteiger partial charge in [-0.25, -0.2) is 0 Å². The Balaban J connectivity index is 2.48. The first kappa shape index (κ1) is 12.8. The maximum atomic E-state index is 11.5. The van der Waals surface area contributed by atoms with Gasteiger partial charge in [0.1, 0.15) is 0 Å². The number of nitrogens with zero attached hydrogens (tertiary/aromatic N) is 2. The Morgan fingerprint density at radius 3 is 2.88 bits per heavy atom. The van der Waals surface area contributed by atoms with Gasteiger partial charge in [0.15, 0.2) is 11.0 Å². The fourth-order valence-electron chi connectivity index (χ4n) is 1.05. The molecule has 0 bridgehead atoms. The molecule has 88 valence electrons. The van der Waals surface area contributed by atoms with Crippen LogP contribution in [0.3, 0.4) is 0 Å². The molecule has 7 heteroatoms. The Kier molecular flexibility index (Phi) is 5.10. The lowest BCUT2D eigenvalue weighted by molar-refractivity contribution is -0.118. The first-order valence-electron chi connectivity index (χ1n) is 4.67. The van der Waals surface area contributed by atoms with Crippen molar-refractivity contribution in [3.63, 3.8) is 0 Å². The Bertz CT molecular complexity index is 340. The van der Waals surface area contributed by atoms with Crippen molar-refractivity contribution in [3.8, 4) is 0 Å². The lowest BCUT2D eigenvalue weighted by Gasteiger charge is -2.11. The highest BCUT2D eigenvalue weighted by Gasteiger charge is 2.11. The zero-order valence-electron chi connectivity index (χ0n) is 8.81. The summed E-state index contributed by atoms with van der Waals surface area (Å²) in [5, 5.41) is 10.1. The number of methoxy groups -OCH3 is 1. The molecule has 0 saturated heterocycles. The molecule has 0 aromatic carbocycles. The average Bonchev–Trinajstić information content (AvgIpc) is 2.29. The molecular weight excluding hydrogens is 232 g/mol. The number of anilines is 1. The average molecular weight is 245 g/mol.